The van der Waals surface area contributed by atoms with Gasteiger partial charge < -0.3 is 19.7 Å². The Morgan fingerprint density at radius 2 is 2.12 bits per heavy atom. The highest BCUT2D eigenvalue weighted by Gasteiger charge is 2.19. The maximum Gasteiger partial charge on any atom is 0.193 e. The van der Waals surface area contributed by atoms with E-state index in [4.69, 9.17) is 9.47 Å². The molecular formula is C19H32IN3O2. The Morgan fingerprint density at radius 1 is 1.40 bits per heavy atom. The molecule has 1 aliphatic rings. The fourth-order valence-electron chi connectivity index (χ4n) is 3.09. The molecule has 1 fully saturated rings. The van der Waals surface area contributed by atoms with E-state index in [0.29, 0.717) is 11.8 Å². The molecule has 1 N–H and O–H groups in total. The molecule has 142 valence electrons. The topological polar surface area (TPSA) is 46.1 Å². The number of hydrogen-bond acceptors (Lipinski definition) is 3. The lowest BCUT2D eigenvalue weighted by atomic mass is 9.98. The molecule has 0 spiro atoms. The lowest BCUT2D eigenvalue weighted by molar-refractivity contribution is 0.181. The van der Waals surface area contributed by atoms with Gasteiger partial charge in [-0.1, -0.05) is 19.1 Å². The van der Waals surface area contributed by atoms with Crippen molar-refractivity contribution in [3.8, 4) is 5.75 Å². The number of guanidine groups is 1. The van der Waals surface area contributed by atoms with E-state index < -0.39 is 0 Å². The molecule has 6 heteroatoms. The molecule has 0 aromatic heterocycles. The maximum atomic E-state index is 5.45. The van der Waals surface area contributed by atoms with Gasteiger partial charge in [0.2, 0.25) is 0 Å². The molecule has 1 aromatic carbocycles. The molecule has 1 heterocycles. The first-order chi connectivity index (χ1) is 11.6. The van der Waals surface area contributed by atoms with Crippen LogP contribution in [0.5, 0.6) is 5.75 Å². The molecule has 1 aliphatic heterocycles. The summed E-state index contributed by atoms with van der Waals surface area (Å²) in [5, 5.41) is 3.48. The Labute approximate surface area is 169 Å². The van der Waals surface area contributed by atoms with Crippen LogP contribution in [0.4, 0.5) is 0 Å². The van der Waals surface area contributed by atoms with Crippen molar-refractivity contribution in [1.82, 2.24) is 10.2 Å². The van der Waals surface area contributed by atoms with E-state index in [0.717, 1.165) is 50.9 Å². The normalized spacial score (nSPS) is 18.4. The fraction of sp³-hybridized carbons (Fsp3) is 0.632. The number of aliphatic imine (C=N–C) groups is 1. The van der Waals surface area contributed by atoms with E-state index >= 15 is 0 Å². The molecule has 0 amide bonds. The van der Waals surface area contributed by atoms with Gasteiger partial charge in [-0.15, -0.1) is 24.0 Å². The number of methoxy groups -OCH3 is 1. The molecule has 2 atom stereocenters. The van der Waals surface area contributed by atoms with Crippen LogP contribution in [0.1, 0.15) is 31.2 Å². The van der Waals surface area contributed by atoms with Crippen LogP contribution in [0.25, 0.3) is 0 Å². The standard InChI is InChI=1S/C19H31N3O2.HI/c1-15(17-5-7-18(23-4)8-6-17)9-11-21-19(20-2)22(3)13-16-10-12-24-14-16;/h5-8,15-16H,9-14H2,1-4H3,(H,20,21);1H. The van der Waals surface area contributed by atoms with Gasteiger partial charge in [0.05, 0.1) is 13.7 Å². The number of ether oxygens (including phenoxy) is 2. The second kappa shape index (κ2) is 11.6. The Morgan fingerprint density at radius 3 is 2.68 bits per heavy atom. The highest BCUT2D eigenvalue weighted by Crippen LogP contribution is 2.21. The zero-order valence-electron chi connectivity index (χ0n) is 15.8. The second-order valence-corrected chi connectivity index (χ2v) is 6.55. The van der Waals surface area contributed by atoms with Crippen LogP contribution < -0.4 is 10.1 Å². The van der Waals surface area contributed by atoms with Gasteiger partial charge in [0.1, 0.15) is 5.75 Å². The number of hydrogen-bond donors (Lipinski definition) is 1. The zero-order valence-corrected chi connectivity index (χ0v) is 18.2. The van der Waals surface area contributed by atoms with Crippen LogP contribution in [-0.2, 0) is 4.74 Å². The molecule has 0 bridgehead atoms. The van der Waals surface area contributed by atoms with E-state index in [1.54, 1.807) is 7.11 Å². The van der Waals surface area contributed by atoms with Crippen LogP contribution in [0.2, 0.25) is 0 Å². The van der Waals surface area contributed by atoms with E-state index in [-0.39, 0.29) is 24.0 Å². The average molecular weight is 461 g/mol. The van der Waals surface area contributed by atoms with Crippen molar-refractivity contribution in [1.29, 1.82) is 0 Å². The minimum Gasteiger partial charge on any atom is -0.497 e. The first kappa shape index (κ1) is 22.0. The summed E-state index contributed by atoms with van der Waals surface area (Å²) in [6.07, 6.45) is 2.21. The molecule has 1 saturated heterocycles. The van der Waals surface area contributed by atoms with Gasteiger partial charge in [-0.25, -0.2) is 0 Å². The Bertz CT molecular complexity index is 516. The summed E-state index contributed by atoms with van der Waals surface area (Å²) >= 11 is 0. The van der Waals surface area contributed by atoms with Crippen molar-refractivity contribution in [2.75, 3.05) is 47.5 Å². The number of nitrogens with zero attached hydrogens (tertiary/aromatic N) is 2. The molecule has 5 nitrogen and oxygen atoms in total. The summed E-state index contributed by atoms with van der Waals surface area (Å²) in [5.74, 6) is 2.98. The van der Waals surface area contributed by atoms with Gasteiger partial charge >= 0.3 is 0 Å². The fourth-order valence-corrected chi connectivity index (χ4v) is 3.09. The van der Waals surface area contributed by atoms with Gasteiger partial charge in [-0.2, -0.15) is 0 Å². The van der Waals surface area contributed by atoms with Crippen LogP contribution in [0, 0.1) is 5.92 Å². The molecule has 2 rings (SSSR count). The van der Waals surface area contributed by atoms with Crippen molar-refractivity contribution in [2.45, 2.75) is 25.7 Å². The van der Waals surface area contributed by atoms with Crippen LogP contribution in [0.15, 0.2) is 29.3 Å². The van der Waals surface area contributed by atoms with Gasteiger partial charge in [-0.3, -0.25) is 4.99 Å². The van der Waals surface area contributed by atoms with Crippen molar-refractivity contribution in [3.05, 3.63) is 29.8 Å². The third-order valence-electron chi connectivity index (χ3n) is 4.67. The van der Waals surface area contributed by atoms with Crippen molar-refractivity contribution < 1.29 is 9.47 Å². The molecule has 0 radical (unpaired) electrons. The lowest BCUT2D eigenvalue weighted by Gasteiger charge is -2.25. The monoisotopic (exact) mass is 461 g/mol. The van der Waals surface area contributed by atoms with Crippen LogP contribution >= 0.6 is 24.0 Å². The van der Waals surface area contributed by atoms with Gasteiger partial charge in [0.15, 0.2) is 5.96 Å². The highest BCUT2D eigenvalue weighted by molar-refractivity contribution is 14.0. The molecule has 2 unspecified atom stereocenters. The summed E-state index contributed by atoms with van der Waals surface area (Å²) in [5.41, 5.74) is 1.34. The maximum absolute atomic E-state index is 5.45. The smallest absolute Gasteiger partial charge is 0.193 e. The quantitative estimate of drug-likeness (QED) is 0.385. The summed E-state index contributed by atoms with van der Waals surface area (Å²) in [7, 11) is 5.64. The largest absolute Gasteiger partial charge is 0.497 e. The van der Waals surface area contributed by atoms with E-state index in [2.05, 4.69) is 41.3 Å². The van der Waals surface area contributed by atoms with E-state index in [1.807, 2.05) is 19.2 Å². The Kier molecular flexibility index (Phi) is 10.2. The van der Waals surface area contributed by atoms with Crippen LogP contribution in [-0.4, -0.2) is 58.4 Å². The molecule has 1 aromatic rings. The van der Waals surface area contributed by atoms with Gasteiger partial charge in [0, 0.05) is 39.7 Å². The minimum atomic E-state index is 0. The van der Waals surface area contributed by atoms with Crippen molar-refractivity contribution in [2.24, 2.45) is 10.9 Å². The van der Waals surface area contributed by atoms with E-state index in [9.17, 15) is 0 Å². The van der Waals surface area contributed by atoms with Crippen molar-refractivity contribution in [3.63, 3.8) is 0 Å². The Hall–Kier alpha value is -1.02. The predicted molar refractivity (Wildman–Crippen MR) is 114 cm³/mol. The number of halogens is 1. The number of nitrogens with one attached hydrogen (secondary N) is 1. The van der Waals surface area contributed by atoms with Gasteiger partial charge in [-0.05, 0) is 36.5 Å². The van der Waals surface area contributed by atoms with Crippen molar-refractivity contribution >= 4 is 29.9 Å². The molecule has 0 saturated carbocycles. The van der Waals surface area contributed by atoms with Gasteiger partial charge in [0.25, 0.3) is 0 Å². The summed E-state index contributed by atoms with van der Waals surface area (Å²) in [6.45, 7) is 5.92. The second-order valence-electron chi connectivity index (χ2n) is 6.55. The first-order valence-electron chi connectivity index (χ1n) is 8.77. The summed E-state index contributed by atoms with van der Waals surface area (Å²) < 4.78 is 10.7. The molecular weight excluding hydrogens is 429 g/mol. The summed E-state index contributed by atoms with van der Waals surface area (Å²) in [6, 6.07) is 8.33. The predicted octanol–water partition coefficient (Wildman–Crippen LogP) is 3.35. The number of benzene rings is 1. The Balaban J connectivity index is 0.00000312. The molecule has 25 heavy (non-hydrogen) atoms. The third kappa shape index (κ3) is 7.01. The molecule has 0 aliphatic carbocycles. The average Bonchev–Trinajstić information content (AvgIpc) is 3.11. The summed E-state index contributed by atoms with van der Waals surface area (Å²) in [4.78, 5) is 6.60. The number of rotatable bonds is 7. The minimum absolute atomic E-state index is 0. The first-order valence-corrected chi connectivity index (χ1v) is 8.77. The SMILES string of the molecule is CN=C(NCCC(C)c1ccc(OC)cc1)N(C)CC1CCOC1.I. The van der Waals surface area contributed by atoms with Crippen LogP contribution in [0.3, 0.4) is 0 Å². The zero-order chi connectivity index (χ0) is 17.4. The van der Waals surface area contributed by atoms with E-state index in [1.165, 1.54) is 5.56 Å². The third-order valence-corrected chi connectivity index (χ3v) is 4.67. The lowest BCUT2D eigenvalue weighted by Crippen LogP contribution is -2.42. The highest BCUT2D eigenvalue weighted by atomic mass is 127.